The Morgan fingerprint density at radius 2 is 1.71 bits per heavy atom. The van der Waals surface area contributed by atoms with Crippen LogP contribution < -0.4 is 5.32 Å². The number of hydrogen-bond donors (Lipinski definition) is 1. The molecule has 1 N–H and O–H groups in total. The molecule has 0 radical (unpaired) electrons. The Hall–Kier alpha value is -3.46. The maximum atomic E-state index is 13.5. The van der Waals surface area contributed by atoms with Gasteiger partial charge in [0.2, 0.25) is 9.84 Å². The highest BCUT2D eigenvalue weighted by Crippen LogP contribution is 2.37. The average molecular weight is 442 g/mol. The van der Waals surface area contributed by atoms with Crippen LogP contribution in [0.2, 0.25) is 0 Å². The highest BCUT2D eigenvalue weighted by molar-refractivity contribution is 7.91. The highest BCUT2D eigenvalue weighted by atomic mass is 32.2. The summed E-state index contributed by atoms with van der Waals surface area (Å²) in [6.45, 7) is 7.26. The summed E-state index contributed by atoms with van der Waals surface area (Å²) in [5.41, 5.74) is 1.08. The molecule has 1 aromatic heterocycles. The summed E-state index contributed by atoms with van der Waals surface area (Å²) >= 11 is 0. The monoisotopic (exact) mass is 441 g/mol. The van der Waals surface area contributed by atoms with Gasteiger partial charge < -0.3 is 9.88 Å². The predicted molar refractivity (Wildman–Crippen MR) is 117 cm³/mol. The smallest absolute Gasteiger partial charge is 0.270 e. The Morgan fingerprint density at radius 1 is 1.06 bits per heavy atom. The van der Waals surface area contributed by atoms with Gasteiger partial charge in [-0.2, -0.15) is 0 Å². The summed E-state index contributed by atoms with van der Waals surface area (Å²) in [5, 5.41) is 13.8. The number of aromatic nitrogens is 1. The van der Waals surface area contributed by atoms with Crippen molar-refractivity contribution in [2.24, 2.45) is 0 Å². The molecule has 3 rings (SSSR count). The first kappa shape index (κ1) is 22.2. The Kier molecular flexibility index (Phi) is 5.99. The largest absolute Gasteiger partial charge is 0.328 e. The molecule has 31 heavy (non-hydrogen) atoms. The second-order valence-corrected chi connectivity index (χ2v) is 9.32. The minimum absolute atomic E-state index is 0.0173. The van der Waals surface area contributed by atoms with Gasteiger partial charge in [-0.05, 0) is 51.5 Å². The van der Waals surface area contributed by atoms with E-state index in [4.69, 9.17) is 0 Å². The van der Waals surface area contributed by atoms with Gasteiger partial charge in [0.1, 0.15) is 10.7 Å². The van der Waals surface area contributed by atoms with Crippen molar-refractivity contribution in [2.45, 2.75) is 43.5 Å². The van der Waals surface area contributed by atoms with Crippen LogP contribution in [0, 0.1) is 24.0 Å². The van der Waals surface area contributed by atoms with E-state index in [-0.39, 0.29) is 32.9 Å². The van der Waals surface area contributed by atoms with Crippen molar-refractivity contribution >= 4 is 27.2 Å². The molecule has 0 aliphatic carbocycles. The molecule has 2 aromatic carbocycles. The number of nitrogens with one attached hydrogen (secondary N) is 1. The molecule has 1 heterocycles. The molecule has 0 spiro atoms. The first-order valence-electron chi connectivity index (χ1n) is 9.63. The summed E-state index contributed by atoms with van der Waals surface area (Å²) < 4.78 is 28.7. The summed E-state index contributed by atoms with van der Waals surface area (Å²) in [6.07, 6.45) is 0. The van der Waals surface area contributed by atoms with Crippen molar-refractivity contribution in [1.29, 1.82) is 0 Å². The number of hydrogen-bond acceptors (Lipinski definition) is 5. The van der Waals surface area contributed by atoms with Gasteiger partial charge in [-0.25, -0.2) is 8.42 Å². The Morgan fingerprint density at radius 3 is 2.29 bits per heavy atom. The van der Waals surface area contributed by atoms with Gasteiger partial charge in [-0.1, -0.05) is 24.3 Å². The number of carbonyl (C=O) groups excluding carboxylic acids is 1. The van der Waals surface area contributed by atoms with E-state index < -0.39 is 20.7 Å². The summed E-state index contributed by atoms with van der Waals surface area (Å²) in [4.78, 5) is 23.6. The zero-order chi connectivity index (χ0) is 22.9. The van der Waals surface area contributed by atoms with E-state index in [1.54, 1.807) is 36.6 Å². The molecule has 0 fully saturated rings. The Bertz CT molecular complexity index is 1260. The fourth-order valence-electron chi connectivity index (χ4n) is 3.55. The topological polar surface area (TPSA) is 111 Å². The fourth-order valence-corrected chi connectivity index (χ4v) is 5.25. The molecule has 0 atom stereocenters. The number of anilines is 1. The van der Waals surface area contributed by atoms with Crippen LogP contribution in [0.5, 0.6) is 0 Å². The molecule has 0 saturated carbocycles. The van der Waals surface area contributed by atoms with Crippen LogP contribution >= 0.6 is 0 Å². The Balaban J connectivity index is 2.18. The zero-order valence-electron chi connectivity index (χ0n) is 17.6. The second kappa shape index (κ2) is 8.35. The van der Waals surface area contributed by atoms with Gasteiger partial charge in [0.15, 0.2) is 0 Å². The van der Waals surface area contributed by atoms with Gasteiger partial charge in [0, 0.05) is 29.4 Å². The van der Waals surface area contributed by atoms with Crippen LogP contribution in [0.15, 0.2) is 64.4 Å². The summed E-state index contributed by atoms with van der Waals surface area (Å²) in [5.74, 6) is -0.488. The van der Waals surface area contributed by atoms with E-state index in [0.717, 1.165) is 6.07 Å². The zero-order valence-corrected chi connectivity index (χ0v) is 18.4. The fraction of sp³-hybridized carbons (Fsp3) is 0.227. The minimum Gasteiger partial charge on any atom is -0.328 e. The van der Waals surface area contributed by atoms with E-state index in [0.29, 0.717) is 11.3 Å². The number of rotatable bonds is 6. The SMILES string of the molecule is Cc1c(S(=O)(=O)c2ccccc2)c(NC(=O)c2cccc([N+](=O)[O-])c2)n(C(C)C)c1C. The number of nitro groups is 1. The highest BCUT2D eigenvalue weighted by Gasteiger charge is 2.31. The van der Waals surface area contributed by atoms with Crippen LogP contribution in [-0.2, 0) is 9.84 Å². The predicted octanol–water partition coefficient (Wildman–Crippen LogP) is 4.68. The normalized spacial score (nSPS) is 11.5. The van der Waals surface area contributed by atoms with Crippen LogP contribution in [-0.4, -0.2) is 23.8 Å². The van der Waals surface area contributed by atoms with Gasteiger partial charge >= 0.3 is 0 Å². The van der Waals surface area contributed by atoms with Crippen molar-refractivity contribution in [1.82, 2.24) is 4.57 Å². The molecular weight excluding hydrogens is 418 g/mol. The van der Waals surface area contributed by atoms with Crippen LogP contribution in [0.1, 0.15) is 41.5 Å². The van der Waals surface area contributed by atoms with Crippen molar-refractivity contribution in [3.63, 3.8) is 0 Å². The average Bonchev–Trinajstić information content (AvgIpc) is 2.99. The standard InChI is InChI=1S/C22H23N3O5S/c1-14(2)24-16(4)15(3)20(31(29,30)19-11-6-5-7-12-19)21(24)23-22(26)17-9-8-10-18(13-17)25(27)28/h5-14H,1-4H3,(H,23,26). The maximum Gasteiger partial charge on any atom is 0.270 e. The van der Waals surface area contributed by atoms with Crippen LogP contribution in [0.3, 0.4) is 0 Å². The number of carbonyl (C=O) groups is 1. The quantitative estimate of drug-likeness (QED) is 0.441. The third-order valence-corrected chi connectivity index (χ3v) is 7.02. The van der Waals surface area contributed by atoms with Crippen LogP contribution in [0.25, 0.3) is 0 Å². The lowest BCUT2D eigenvalue weighted by Gasteiger charge is -2.17. The first-order valence-corrected chi connectivity index (χ1v) is 11.1. The molecule has 0 aliphatic rings. The lowest BCUT2D eigenvalue weighted by atomic mass is 10.2. The molecule has 0 bridgehead atoms. The molecule has 9 heteroatoms. The summed E-state index contributed by atoms with van der Waals surface area (Å²) in [7, 11) is -3.93. The number of nitrogens with zero attached hydrogens (tertiary/aromatic N) is 2. The van der Waals surface area contributed by atoms with Gasteiger partial charge in [-0.3, -0.25) is 14.9 Å². The van der Waals surface area contributed by atoms with Crippen molar-refractivity contribution in [3.05, 3.63) is 81.5 Å². The first-order chi connectivity index (χ1) is 14.6. The maximum absolute atomic E-state index is 13.5. The molecule has 1 amide bonds. The van der Waals surface area contributed by atoms with E-state index in [1.165, 1.54) is 30.3 Å². The molecule has 0 aliphatic heterocycles. The molecule has 8 nitrogen and oxygen atoms in total. The third-order valence-electron chi connectivity index (χ3n) is 5.09. The number of sulfone groups is 1. The van der Waals surface area contributed by atoms with E-state index in [2.05, 4.69) is 5.32 Å². The van der Waals surface area contributed by atoms with Gasteiger partial charge in [0.05, 0.1) is 9.82 Å². The lowest BCUT2D eigenvalue weighted by molar-refractivity contribution is -0.384. The van der Waals surface area contributed by atoms with Crippen molar-refractivity contribution in [2.75, 3.05) is 5.32 Å². The van der Waals surface area contributed by atoms with Crippen LogP contribution in [0.4, 0.5) is 11.5 Å². The van der Waals surface area contributed by atoms with Crippen molar-refractivity contribution < 1.29 is 18.1 Å². The molecule has 0 saturated heterocycles. The van der Waals surface area contributed by atoms with Gasteiger partial charge in [-0.15, -0.1) is 0 Å². The van der Waals surface area contributed by atoms with E-state index >= 15 is 0 Å². The molecule has 3 aromatic rings. The summed E-state index contributed by atoms with van der Waals surface area (Å²) in [6, 6.07) is 13.1. The lowest BCUT2D eigenvalue weighted by Crippen LogP contribution is -2.19. The van der Waals surface area contributed by atoms with Crippen molar-refractivity contribution in [3.8, 4) is 0 Å². The third kappa shape index (κ3) is 4.09. The van der Waals surface area contributed by atoms with Gasteiger partial charge in [0.25, 0.3) is 11.6 Å². The number of amides is 1. The molecule has 162 valence electrons. The van der Waals surface area contributed by atoms with E-state index in [9.17, 15) is 23.3 Å². The number of non-ortho nitro benzene ring substituents is 1. The molecular formula is C22H23N3O5S. The number of nitro benzene ring substituents is 1. The Labute approximate surface area is 180 Å². The number of benzene rings is 2. The minimum atomic E-state index is -3.93. The van der Waals surface area contributed by atoms with E-state index in [1.807, 2.05) is 13.8 Å². The molecule has 0 unspecified atom stereocenters. The second-order valence-electron chi connectivity index (χ2n) is 7.43.